The second kappa shape index (κ2) is 15.4. The third-order valence-electron chi connectivity index (χ3n) is 5.04. The molecule has 0 radical (unpaired) electrons. The van der Waals surface area contributed by atoms with E-state index in [-0.39, 0.29) is 17.2 Å². The highest BCUT2D eigenvalue weighted by Gasteiger charge is 2.15. The fourth-order valence-corrected chi connectivity index (χ4v) is 3.27. The van der Waals surface area contributed by atoms with Gasteiger partial charge in [0.05, 0.1) is 17.1 Å². The number of rotatable bonds is 17. The van der Waals surface area contributed by atoms with Crippen molar-refractivity contribution in [2.24, 2.45) is 0 Å². The van der Waals surface area contributed by atoms with Crippen molar-refractivity contribution in [1.29, 1.82) is 0 Å². The zero-order valence-corrected chi connectivity index (χ0v) is 18.4. The number of benzene rings is 1. The van der Waals surface area contributed by atoms with Crippen LogP contribution in [0.3, 0.4) is 0 Å². The number of carbonyl (C=O) groups excluding carboxylic acids is 2. The molecule has 1 aromatic rings. The number of hydrogen-bond donors (Lipinski definition) is 0. The van der Waals surface area contributed by atoms with E-state index >= 15 is 0 Å². The first-order valence-corrected chi connectivity index (χ1v) is 11.2. The van der Waals surface area contributed by atoms with Crippen LogP contribution in [-0.2, 0) is 4.79 Å². The third-order valence-corrected chi connectivity index (χ3v) is 5.04. The second-order valence-corrected chi connectivity index (χ2v) is 7.55. The molecule has 1 amide bonds. The van der Waals surface area contributed by atoms with Crippen molar-refractivity contribution in [3.63, 3.8) is 0 Å². The van der Waals surface area contributed by atoms with E-state index in [1.165, 1.54) is 43.9 Å². The summed E-state index contributed by atoms with van der Waals surface area (Å²) in [5, 5.41) is 10.9. The summed E-state index contributed by atoms with van der Waals surface area (Å²) in [4.78, 5) is 35.9. The van der Waals surface area contributed by atoms with Gasteiger partial charge in [-0.05, 0) is 31.4 Å². The fraction of sp³-hybridized carbons (Fsp3) is 0.652. The van der Waals surface area contributed by atoms with Crippen LogP contribution in [-0.4, -0.2) is 41.7 Å². The predicted octanol–water partition coefficient (Wildman–Crippen LogP) is 5.56. The number of nitro benzene ring substituents is 1. The van der Waals surface area contributed by atoms with Crippen molar-refractivity contribution in [2.75, 3.05) is 19.7 Å². The minimum Gasteiger partial charge on any atom is -0.494 e. The smallest absolute Gasteiger partial charge is 0.280 e. The molecule has 7 heteroatoms. The highest BCUT2D eigenvalue weighted by molar-refractivity contribution is 5.82. The summed E-state index contributed by atoms with van der Waals surface area (Å²) in [6.07, 6.45) is 10.6. The molecule has 0 unspecified atom stereocenters. The Kier molecular flexibility index (Phi) is 13.1. The molecule has 0 aliphatic carbocycles. The molecule has 0 aliphatic rings. The van der Waals surface area contributed by atoms with Gasteiger partial charge in [-0.2, -0.15) is 0 Å². The van der Waals surface area contributed by atoms with E-state index in [2.05, 4.69) is 13.8 Å². The molecule has 0 saturated heterocycles. The minimum absolute atomic E-state index is 0.0149. The van der Waals surface area contributed by atoms with Crippen LogP contribution in [0, 0.1) is 10.1 Å². The highest BCUT2D eigenvalue weighted by Crippen LogP contribution is 2.22. The molecule has 168 valence electrons. The lowest BCUT2D eigenvalue weighted by Crippen LogP contribution is -2.33. The van der Waals surface area contributed by atoms with Crippen molar-refractivity contribution >= 4 is 17.9 Å². The number of hydrogen-bond acceptors (Lipinski definition) is 5. The summed E-state index contributed by atoms with van der Waals surface area (Å²) < 4.78 is 5.59. The number of ether oxygens (including phenoxy) is 1. The average Bonchev–Trinajstić information content (AvgIpc) is 2.75. The molecular weight excluding hydrogens is 384 g/mol. The van der Waals surface area contributed by atoms with Crippen LogP contribution in [0.4, 0.5) is 5.69 Å². The number of aldehydes is 1. The molecule has 0 saturated carbocycles. The third kappa shape index (κ3) is 9.85. The summed E-state index contributed by atoms with van der Waals surface area (Å²) in [6, 6.07) is 4.10. The SMILES string of the molecule is CCCCCCN(CCCCCC)C(=O)CCCOc1ccc([N+](=O)[O-])c(C=O)c1. The molecular formula is C23H36N2O5. The molecule has 0 spiro atoms. The minimum atomic E-state index is -0.595. The van der Waals surface area contributed by atoms with Gasteiger partial charge in [0.1, 0.15) is 5.75 Å². The number of amides is 1. The van der Waals surface area contributed by atoms with Gasteiger partial charge in [-0.25, -0.2) is 0 Å². The van der Waals surface area contributed by atoms with Gasteiger partial charge in [-0.3, -0.25) is 19.7 Å². The van der Waals surface area contributed by atoms with Gasteiger partial charge in [0.2, 0.25) is 5.91 Å². The van der Waals surface area contributed by atoms with Crippen LogP contribution in [0.15, 0.2) is 18.2 Å². The van der Waals surface area contributed by atoms with E-state index in [1.54, 1.807) is 0 Å². The molecule has 7 nitrogen and oxygen atoms in total. The zero-order chi connectivity index (χ0) is 22.2. The van der Waals surface area contributed by atoms with E-state index < -0.39 is 4.92 Å². The topological polar surface area (TPSA) is 89.8 Å². The first-order valence-electron chi connectivity index (χ1n) is 11.2. The lowest BCUT2D eigenvalue weighted by atomic mass is 10.1. The zero-order valence-electron chi connectivity index (χ0n) is 18.4. The Balaban J connectivity index is 2.47. The molecule has 30 heavy (non-hydrogen) atoms. The number of unbranched alkanes of at least 4 members (excludes halogenated alkanes) is 6. The highest BCUT2D eigenvalue weighted by atomic mass is 16.6. The maximum atomic E-state index is 12.7. The Morgan fingerprint density at radius 2 is 1.67 bits per heavy atom. The molecule has 0 atom stereocenters. The largest absolute Gasteiger partial charge is 0.494 e. The van der Waals surface area contributed by atoms with Crippen molar-refractivity contribution in [1.82, 2.24) is 4.90 Å². The fourth-order valence-electron chi connectivity index (χ4n) is 3.27. The Bertz CT molecular complexity index is 651. The van der Waals surface area contributed by atoms with Gasteiger partial charge in [-0.15, -0.1) is 0 Å². The van der Waals surface area contributed by atoms with Crippen molar-refractivity contribution in [2.45, 2.75) is 78.1 Å². The van der Waals surface area contributed by atoms with E-state index in [1.807, 2.05) is 4.90 Å². The van der Waals surface area contributed by atoms with Gasteiger partial charge >= 0.3 is 0 Å². The van der Waals surface area contributed by atoms with Crippen LogP contribution in [0.1, 0.15) is 88.4 Å². The van der Waals surface area contributed by atoms with Gasteiger partial charge in [0.15, 0.2) is 6.29 Å². The van der Waals surface area contributed by atoms with E-state index in [0.717, 1.165) is 38.8 Å². The quantitative estimate of drug-likeness (QED) is 0.142. The molecule has 0 aromatic heterocycles. The Morgan fingerprint density at radius 1 is 1.03 bits per heavy atom. The molecule has 0 heterocycles. The predicted molar refractivity (Wildman–Crippen MR) is 118 cm³/mol. The molecule has 1 aromatic carbocycles. The van der Waals surface area contributed by atoms with Crippen LogP contribution < -0.4 is 4.74 Å². The number of carbonyl (C=O) groups is 2. The van der Waals surface area contributed by atoms with Crippen LogP contribution in [0.2, 0.25) is 0 Å². The standard InChI is InChI=1S/C23H36N2O5/c1-3-5-7-9-15-24(16-10-8-6-4-2)23(27)12-11-17-30-21-13-14-22(25(28)29)20(18-21)19-26/h13-14,18-19H,3-12,15-17H2,1-2H3. The van der Waals surface area contributed by atoms with E-state index in [9.17, 15) is 19.7 Å². The molecule has 0 fully saturated rings. The summed E-state index contributed by atoms with van der Waals surface area (Å²) >= 11 is 0. The normalized spacial score (nSPS) is 10.6. The second-order valence-electron chi connectivity index (χ2n) is 7.55. The van der Waals surface area contributed by atoms with Gasteiger partial charge in [-0.1, -0.05) is 52.4 Å². The van der Waals surface area contributed by atoms with Crippen LogP contribution in [0.25, 0.3) is 0 Å². The first kappa shape index (κ1) is 25.6. The number of nitrogens with zero attached hydrogens (tertiary/aromatic N) is 2. The average molecular weight is 421 g/mol. The summed E-state index contributed by atoms with van der Waals surface area (Å²) in [7, 11) is 0. The summed E-state index contributed by atoms with van der Waals surface area (Å²) in [5.41, 5.74) is -0.256. The summed E-state index contributed by atoms with van der Waals surface area (Å²) in [6.45, 7) is 6.31. The summed E-state index contributed by atoms with van der Waals surface area (Å²) in [5.74, 6) is 0.551. The molecule has 0 N–H and O–H groups in total. The van der Waals surface area contributed by atoms with Crippen LogP contribution >= 0.6 is 0 Å². The Hall–Kier alpha value is -2.44. The first-order chi connectivity index (χ1) is 14.5. The Morgan fingerprint density at radius 3 is 2.20 bits per heavy atom. The maximum absolute atomic E-state index is 12.7. The Labute approximate surface area is 179 Å². The van der Waals surface area contributed by atoms with Crippen molar-refractivity contribution in [3.8, 4) is 5.75 Å². The number of nitro groups is 1. The maximum Gasteiger partial charge on any atom is 0.280 e. The molecule has 0 aliphatic heterocycles. The monoisotopic (exact) mass is 420 g/mol. The van der Waals surface area contributed by atoms with Gasteiger partial charge < -0.3 is 9.64 Å². The molecule has 0 bridgehead atoms. The van der Waals surface area contributed by atoms with Crippen LogP contribution in [0.5, 0.6) is 5.75 Å². The van der Waals surface area contributed by atoms with Crippen molar-refractivity contribution in [3.05, 3.63) is 33.9 Å². The molecule has 1 rings (SSSR count). The van der Waals surface area contributed by atoms with E-state index in [0.29, 0.717) is 31.5 Å². The lowest BCUT2D eigenvalue weighted by molar-refractivity contribution is -0.385. The van der Waals surface area contributed by atoms with Crippen molar-refractivity contribution < 1.29 is 19.2 Å². The van der Waals surface area contributed by atoms with E-state index in [4.69, 9.17) is 4.74 Å². The van der Waals surface area contributed by atoms with Gasteiger partial charge in [0.25, 0.3) is 5.69 Å². The van der Waals surface area contributed by atoms with Gasteiger partial charge in [0, 0.05) is 25.6 Å². The lowest BCUT2D eigenvalue weighted by Gasteiger charge is -2.23.